The fraction of sp³-hybridized carbons (Fsp3) is 0.294. The second-order valence-electron chi connectivity index (χ2n) is 5.21. The molecule has 2 aromatic rings. The highest BCUT2D eigenvalue weighted by molar-refractivity contribution is 5.24. The first-order valence-corrected chi connectivity index (χ1v) is 6.81. The molecule has 2 aromatic carbocycles. The molecule has 98 valence electrons. The molecule has 0 amide bonds. The Bertz CT molecular complexity index is 476. The van der Waals surface area contributed by atoms with Gasteiger partial charge in [-0.15, -0.1) is 0 Å². The maximum Gasteiger partial charge on any atom is 0.0957 e. The van der Waals surface area contributed by atoms with Crippen LogP contribution in [0.4, 0.5) is 0 Å². The summed E-state index contributed by atoms with van der Waals surface area (Å²) in [7, 11) is 0. The second kappa shape index (κ2) is 5.16. The van der Waals surface area contributed by atoms with Crippen LogP contribution in [0.1, 0.15) is 30.2 Å². The summed E-state index contributed by atoms with van der Waals surface area (Å²) >= 11 is 0. The minimum atomic E-state index is -0.382. The lowest BCUT2D eigenvalue weighted by Gasteiger charge is -2.17. The van der Waals surface area contributed by atoms with E-state index in [1.807, 2.05) is 36.4 Å². The molecule has 0 aromatic heterocycles. The molecule has 1 aliphatic rings. The smallest absolute Gasteiger partial charge is 0.0957 e. The van der Waals surface area contributed by atoms with Crippen LogP contribution in [0.2, 0.25) is 0 Å². The van der Waals surface area contributed by atoms with Crippen LogP contribution >= 0.6 is 0 Å². The lowest BCUT2D eigenvalue weighted by molar-refractivity contribution is 0.151. The summed E-state index contributed by atoms with van der Waals surface area (Å²) < 4.78 is 0. The molecule has 1 aliphatic heterocycles. The van der Waals surface area contributed by atoms with Crippen molar-refractivity contribution in [2.45, 2.75) is 25.1 Å². The van der Waals surface area contributed by atoms with Crippen molar-refractivity contribution in [1.82, 2.24) is 4.90 Å². The molecular weight excluding hydrogens is 234 g/mol. The van der Waals surface area contributed by atoms with Crippen LogP contribution in [0.25, 0.3) is 0 Å². The van der Waals surface area contributed by atoms with Gasteiger partial charge in [0.1, 0.15) is 0 Å². The molecule has 3 rings (SSSR count). The molecule has 0 bridgehead atoms. The van der Waals surface area contributed by atoms with Crippen molar-refractivity contribution in [2.24, 2.45) is 0 Å². The van der Waals surface area contributed by atoms with Crippen LogP contribution < -0.4 is 0 Å². The van der Waals surface area contributed by atoms with Crippen LogP contribution in [0.3, 0.4) is 0 Å². The summed E-state index contributed by atoms with van der Waals surface area (Å²) in [5, 5.41) is 10.4. The predicted octanol–water partition coefficient (Wildman–Crippen LogP) is 3.17. The van der Waals surface area contributed by atoms with E-state index in [0.29, 0.717) is 6.04 Å². The minimum absolute atomic E-state index is 0.248. The number of nitrogens with zero attached hydrogens (tertiary/aromatic N) is 1. The Morgan fingerprint density at radius 3 is 2.05 bits per heavy atom. The minimum Gasteiger partial charge on any atom is -0.387 e. The molecule has 1 unspecified atom stereocenters. The van der Waals surface area contributed by atoms with Crippen molar-refractivity contribution in [3.8, 4) is 0 Å². The van der Waals surface area contributed by atoms with E-state index in [9.17, 15) is 5.11 Å². The highest BCUT2D eigenvalue weighted by atomic mass is 16.3. The number of rotatable bonds is 4. The number of aliphatic hydroxyl groups excluding tert-OH is 1. The number of hydrogen-bond acceptors (Lipinski definition) is 2. The summed E-state index contributed by atoms with van der Waals surface area (Å²) in [5.74, 6) is 0. The van der Waals surface area contributed by atoms with Crippen LogP contribution in [-0.2, 0) is 0 Å². The van der Waals surface area contributed by atoms with Gasteiger partial charge in [0.15, 0.2) is 0 Å². The molecule has 0 spiro atoms. The van der Waals surface area contributed by atoms with Gasteiger partial charge in [-0.05, 0) is 18.1 Å². The van der Waals surface area contributed by atoms with Gasteiger partial charge in [0.05, 0.1) is 12.1 Å². The van der Waals surface area contributed by atoms with E-state index in [-0.39, 0.29) is 12.1 Å². The molecule has 0 radical (unpaired) electrons. The van der Waals surface area contributed by atoms with Crippen molar-refractivity contribution in [1.29, 1.82) is 0 Å². The Hall–Kier alpha value is -1.64. The lowest BCUT2D eigenvalue weighted by Crippen LogP contribution is -2.14. The summed E-state index contributed by atoms with van der Waals surface area (Å²) in [6.45, 7) is 3.17. The lowest BCUT2D eigenvalue weighted by atomic mass is 10.1. The van der Waals surface area contributed by atoms with Gasteiger partial charge in [0.25, 0.3) is 0 Å². The van der Waals surface area contributed by atoms with Gasteiger partial charge >= 0.3 is 0 Å². The maximum atomic E-state index is 10.4. The monoisotopic (exact) mass is 253 g/mol. The molecule has 1 N–H and O–H groups in total. The Morgan fingerprint density at radius 1 is 0.947 bits per heavy atom. The topological polar surface area (TPSA) is 23.2 Å². The zero-order chi connectivity index (χ0) is 13.2. The average Bonchev–Trinajstić information content (AvgIpc) is 3.28. The quantitative estimate of drug-likeness (QED) is 0.846. The van der Waals surface area contributed by atoms with E-state index in [2.05, 4.69) is 36.1 Å². The summed E-state index contributed by atoms with van der Waals surface area (Å²) in [6, 6.07) is 21.0. The van der Waals surface area contributed by atoms with E-state index < -0.39 is 0 Å². The Kier molecular flexibility index (Phi) is 3.36. The van der Waals surface area contributed by atoms with E-state index in [1.54, 1.807) is 0 Å². The Balaban J connectivity index is 1.68. The van der Waals surface area contributed by atoms with E-state index >= 15 is 0 Å². The van der Waals surface area contributed by atoms with Gasteiger partial charge in [-0.25, -0.2) is 0 Å². The highest BCUT2D eigenvalue weighted by Gasteiger charge is 2.43. The first-order chi connectivity index (χ1) is 9.27. The third-order valence-corrected chi connectivity index (χ3v) is 3.98. The molecular formula is C17H19NO. The number of hydrogen-bond donors (Lipinski definition) is 1. The molecule has 4 atom stereocenters. The van der Waals surface area contributed by atoms with Crippen LogP contribution in [0, 0.1) is 0 Å². The third kappa shape index (κ3) is 2.55. The van der Waals surface area contributed by atoms with Gasteiger partial charge in [0, 0.05) is 12.6 Å². The maximum absolute atomic E-state index is 10.4. The summed E-state index contributed by atoms with van der Waals surface area (Å²) in [5.41, 5.74) is 2.32. The van der Waals surface area contributed by atoms with Gasteiger partial charge in [-0.1, -0.05) is 60.7 Å². The summed E-state index contributed by atoms with van der Waals surface area (Å²) in [4.78, 5) is 2.34. The average molecular weight is 253 g/mol. The van der Waals surface area contributed by atoms with E-state index in [1.165, 1.54) is 5.56 Å². The van der Waals surface area contributed by atoms with Crippen LogP contribution in [0.5, 0.6) is 0 Å². The van der Waals surface area contributed by atoms with Gasteiger partial charge in [0.2, 0.25) is 0 Å². The molecule has 0 saturated carbocycles. The molecule has 1 heterocycles. The normalized spacial score (nSPS) is 24.7. The molecule has 2 heteroatoms. The van der Waals surface area contributed by atoms with Crippen molar-refractivity contribution in [2.75, 3.05) is 6.54 Å². The largest absolute Gasteiger partial charge is 0.387 e. The van der Waals surface area contributed by atoms with Crippen LogP contribution in [0.15, 0.2) is 60.7 Å². The zero-order valence-electron chi connectivity index (χ0n) is 11.1. The summed E-state index contributed by atoms with van der Waals surface area (Å²) in [6.07, 6.45) is -0.382. The predicted molar refractivity (Wildman–Crippen MR) is 76.8 cm³/mol. The first kappa shape index (κ1) is 12.4. The van der Waals surface area contributed by atoms with Crippen molar-refractivity contribution in [3.05, 3.63) is 71.8 Å². The van der Waals surface area contributed by atoms with Gasteiger partial charge in [-0.2, -0.15) is 0 Å². The Morgan fingerprint density at radius 2 is 1.47 bits per heavy atom. The van der Waals surface area contributed by atoms with Crippen molar-refractivity contribution >= 4 is 0 Å². The molecule has 1 saturated heterocycles. The zero-order valence-corrected chi connectivity index (χ0v) is 11.1. The standard InChI is InChI=1S/C17H19NO/c1-13(14-8-4-2-5-9-14)18-12-16(18)17(19)15-10-6-3-7-11-15/h2-11,13,16-17,19H,12H2,1H3/t13-,16?,17+,18+/m0/s1. The van der Waals surface area contributed by atoms with Crippen molar-refractivity contribution < 1.29 is 5.11 Å². The molecule has 1 fully saturated rings. The molecule has 2 nitrogen and oxygen atoms in total. The number of benzene rings is 2. The second-order valence-corrected chi connectivity index (χ2v) is 5.21. The molecule has 0 aliphatic carbocycles. The highest BCUT2D eigenvalue weighted by Crippen LogP contribution is 2.38. The van der Waals surface area contributed by atoms with Crippen molar-refractivity contribution in [3.63, 3.8) is 0 Å². The van der Waals surface area contributed by atoms with Crippen LogP contribution in [-0.4, -0.2) is 22.6 Å². The molecule has 19 heavy (non-hydrogen) atoms. The SMILES string of the molecule is C[C@@H](c1ccccc1)[N@@]1CC1[C@H](O)c1ccccc1. The Labute approximate surface area is 114 Å². The first-order valence-electron chi connectivity index (χ1n) is 6.81. The fourth-order valence-electron chi connectivity index (χ4n) is 2.69. The van der Waals surface area contributed by atoms with Gasteiger partial charge < -0.3 is 5.11 Å². The van der Waals surface area contributed by atoms with E-state index in [4.69, 9.17) is 0 Å². The van der Waals surface area contributed by atoms with Gasteiger partial charge in [-0.3, -0.25) is 4.90 Å². The van der Waals surface area contributed by atoms with E-state index in [0.717, 1.165) is 12.1 Å². The number of aliphatic hydroxyl groups is 1. The third-order valence-electron chi connectivity index (χ3n) is 3.98. The fourth-order valence-corrected chi connectivity index (χ4v) is 2.69.